The smallest absolute Gasteiger partial charge is 0.347 e. The number of carbonyl (C=O) groups excluding carboxylic acids is 4. The van der Waals surface area contributed by atoms with E-state index in [2.05, 4.69) is 6.92 Å². The Morgan fingerprint density at radius 1 is 0.651 bits per heavy atom. The average Bonchev–Trinajstić information content (AvgIpc) is 3.03. The monoisotopic (exact) mass is 586 g/mol. The van der Waals surface area contributed by atoms with Crippen LogP contribution in [0.5, 0.6) is 5.75 Å². The van der Waals surface area contributed by atoms with Crippen LogP contribution in [0, 0.1) is 5.92 Å². The predicted octanol–water partition coefficient (Wildman–Crippen LogP) is 8.25. The van der Waals surface area contributed by atoms with E-state index in [1.807, 2.05) is 50.2 Å². The van der Waals surface area contributed by atoms with Crippen LogP contribution in [0.15, 0.2) is 72.8 Å². The molecular weight excluding hydrogens is 544 g/mol. The summed E-state index contributed by atoms with van der Waals surface area (Å²) in [4.78, 5) is 49.7. The van der Waals surface area contributed by atoms with Gasteiger partial charge in [-0.05, 0) is 66.8 Å². The number of hydrogen-bond acceptors (Lipinski definition) is 7. The van der Waals surface area contributed by atoms with Gasteiger partial charge in [-0.2, -0.15) is 0 Å². The van der Waals surface area contributed by atoms with Gasteiger partial charge in [0.15, 0.2) is 11.9 Å². The second-order valence-electron chi connectivity index (χ2n) is 10.8. The van der Waals surface area contributed by atoms with Crippen LogP contribution in [-0.4, -0.2) is 36.4 Å². The van der Waals surface area contributed by atoms with Crippen molar-refractivity contribution in [3.8, 4) is 16.9 Å². The zero-order valence-corrected chi connectivity index (χ0v) is 25.6. The van der Waals surface area contributed by atoms with E-state index in [1.165, 1.54) is 50.5 Å². The van der Waals surface area contributed by atoms with Crippen molar-refractivity contribution in [2.75, 3.05) is 6.61 Å². The van der Waals surface area contributed by atoms with Crippen molar-refractivity contribution < 1.29 is 33.4 Å². The van der Waals surface area contributed by atoms with E-state index in [-0.39, 0.29) is 29.6 Å². The van der Waals surface area contributed by atoms with E-state index in [4.69, 9.17) is 14.2 Å². The average molecular weight is 587 g/mol. The topological polar surface area (TPSA) is 96.0 Å². The number of Topliss-reactive ketones (excluding diaryl/α,β-unsaturated/α-hetero) is 1. The highest BCUT2D eigenvalue weighted by atomic mass is 16.6. The molecule has 0 amide bonds. The maximum atomic E-state index is 12.7. The molecule has 0 N–H and O–H groups in total. The lowest BCUT2D eigenvalue weighted by molar-refractivity contribution is -0.154. The zero-order chi connectivity index (χ0) is 31.2. The molecule has 0 spiro atoms. The van der Waals surface area contributed by atoms with Gasteiger partial charge >= 0.3 is 17.9 Å². The SMILES string of the molecule is CCCCCCCC(=O)c1ccc(-c2ccc(C(=O)Oc3ccc(C(=O)OC(C)C(=O)OCC(C)CC)cc3)cc2)cc1. The lowest BCUT2D eigenvalue weighted by Gasteiger charge is -2.15. The lowest BCUT2D eigenvalue weighted by Crippen LogP contribution is -2.27. The van der Waals surface area contributed by atoms with E-state index in [9.17, 15) is 19.2 Å². The first-order chi connectivity index (χ1) is 20.7. The Balaban J connectivity index is 1.50. The summed E-state index contributed by atoms with van der Waals surface area (Å²) < 4.78 is 15.8. The molecule has 7 heteroatoms. The number of ether oxygens (including phenoxy) is 3. The molecule has 228 valence electrons. The molecule has 2 atom stereocenters. The van der Waals surface area contributed by atoms with Crippen molar-refractivity contribution in [3.05, 3.63) is 89.5 Å². The molecule has 0 radical (unpaired) electrons. The van der Waals surface area contributed by atoms with Gasteiger partial charge in [-0.1, -0.05) is 89.3 Å². The van der Waals surface area contributed by atoms with Crippen LogP contribution in [0.3, 0.4) is 0 Å². The number of unbranched alkanes of at least 4 members (excludes halogenated alkanes) is 4. The molecule has 7 nitrogen and oxygen atoms in total. The van der Waals surface area contributed by atoms with E-state index in [0.29, 0.717) is 17.5 Å². The van der Waals surface area contributed by atoms with E-state index in [1.54, 1.807) is 12.1 Å². The van der Waals surface area contributed by atoms with Gasteiger partial charge in [0, 0.05) is 12.0 Å². The second-order valence-corrected chi connectivity index (χ2v) is 10.8. The minimum Gasteiger partial charge on any atom is -0.463 e. The largest absolute Gasteiger partial charge is 0.463 e. The van der Waals surface area contributed by atoms with E-state index >= 15 is 0 Å². The zero-order valence-electron chi connectivity index (χ0n) is 25.6. The molecule has 0 aromatic heterocycles. The van der Waals surface area contributed by atoms with Gasteiger partial charge in [0.2, 0.25) is 0 Å². The minimum atomic E-state index is -1.04. The Hall–Kier alpha value is -4.26. The summed E-state index contributed by atoms with van der Waals surface area (Å²) >= 11 is 0. The number of ketones is 1. The quantitative estimate of drug-likeness (QED) is 0.0721. The van der Waals surface area contributed by atoms with Crippen LogP contribution >= 0.6 is 0 Å². The highest BCUT2D eigenvalue weighted by molar-refractivity contribution is 5.96. The fourth-order valence-corrected chi connectivity index (χ4v) is 4.24. The fraction of sp³-hybridized carbons (Fsp3) is 0.389. The summed E-state index contributed by atoms with van der Waals surface area (Å²) in [6, 6.07) is 20.5. The van der Waals surface area contributed by atoms with Crippen molar-refractivity contribution in [2.45, 2.75) is 78.7 Å². The third-order valence-corrected chi connectivity index (χ3v) is 7.29. The standard InChI is InChI=1S/C36H42O7/c1-5-7-8-9-10-11-33(37)29-16-12-27(13-17-29)28-14-18-30(19-15-28)36(40)43-32-22-20-31(21-23-32)35(39)42-26(4)34(38)41-24-25(3)6-2/h12-23,25-26H,5-11,24H2,1-4H3. The third kappa shape index (κ3) is 10.5. The molecule has 0 aliphatic carbocycles. The predicted molar refractivity (Wildman–Crippen MR) is 166 cm³/mol. The van der Waals surface area contributed by atoms with Gasteiger partial charge in [-0.15, -0.1) is 0 Å². The second kappa shape index (κ2) is 17.0. The molecule has 0 heterocycles. The van der Waals surface area contributed by atoms with Gasteiger partial charge < -0.3 is 14.2 Å². The van der Waals surface area contributed by atoms with Crippen molar-refractivity contribution >= 4 is 23.7 Å². The molecule has 0 aliphatic heterocycles. The summed E-state index contributed by atoms with van der Waals surface area (Å²) in [5.74, 6) is -1.17. The Morgan fingerprint density at radius 2 is 1.19 bits per heavy atom. The molecule has 0 saturated carbocycles. The molecule has 3 aromatic rings. The summed E-state index contributed by atoms with van der Waals surface area (Å²) in [5, 5.41) is 0. The maximum Gasteiger partial charge on any atom is 0.347 e. The van der Waals surface area contributed by atoms with Crippen molar-refractivity contribution in [1.29, 1.82) is 0 Å². The number of hydrogen-bond donors (Lipinski definition) is 0. The number of rotatable bonds is 16. The first-order valence-electron chi connectivity index (χ1n) is 15.1. The molecule has 43 heavy (non-hydrogen) atoms. The Labute approximate surface area is 254 Å². The number of carbonyl (C=O) groups is 4. The molecule has 2 unspecified atom stereocenters. The van der Waals surface area contributed by atoms with Crippen LogP contribution in [-0.2, 0) is 14.3 Å². The fourth-order valence-electron chi connectivity index (χ4n) is 4.24. The lowest BCUT2D eigenvalue weighted by atomic mass is 9.99. The van der Waals surface area contributed by atoms with Gasteiger partial charge in [-0.3, -0.25) is 4.79 Å². The molecule has 0 bridgehead atoms. The summed E-state index contributed by atoms with van der Waals surface area (Å²) in [6.07, 6.45) is 5.99. The Morgan fingerprint density at radius 3 is 1.77 bits per heavy atom. The van der Waals surface area contributed by atoms with E-state index in [0.717, 1.165) is 30.4 Å². The molecule has 0 fully saturated rings. The molecule has 0 saturated heterocycles. The third-order valence-electron chi connectivity index (χ3n) is 7.29. The van der Waals surface area contributed by atoms with Crippen LogP contribution in [0.1, 0.15) is 104 Å². The van der Waals surface area contributed by atoms with Gasteiger partial charge in [0.05, 0.1) is 17.7 Å². The Kier molecular flexibility index (Phi) is 13.1. The summed E-state index contributed by atoms with van der Waals surface area (Å²) in [7, 11) is 0. The van der Waals surface area contributed by atoms with Crippen LogP contribution in [0.25, 0.3) is 11.1 Å². The molecular formula is C36H42O7. The maximum absolute atomic E-state index is 12.7. The summed E-state index contributed by atoms with van der Waals surface area (Å²) in [5.41, 5.74) is 3.15. The number of esters is 3. The first kappa shape index (κ1) is 33.2. The Bertz CT molecular complexity index is 1340. The molecule has 3 rings (SSSR count). The highest BCUT2D eigenvalue weighted by Gasteiger charge is 2.21. The van der Waals surface area contributed by atoms with Gasteiger partial charge in [0.25, 0.3) is 0 Å². The van der Waals surface area contributed by atoms with Crippen molar-refractivity contribution in [2.24, 2.45) is 5.92 Å². The van der Waals surface area contributed by atoms with Gasteiger partial charge in [0.1, 0.15) is 5.75 Å². The highest BCUT2D eigenvalue weighted by Crippen LogP contribution is 2.22. The van der Waals surface area contributed by atoms with Crippen LogP contribution in [0.2, 0.25) is 0 Å². The first-order valence-corrected chi connectivity index (χ1v) is 15.1. The normalized spacial score (nSPS) is 12.2. The van der Waals surface area contributed by atoms with Crippen molar-refractivity contribution in [3.63, 3.8) is 0 Å². The van der Waals surface area contributed by atoms with Crippen LogP contribution in [0.4, 0.5) is 0 Å². The molecule has 0 aliphatic rings. The van der Waals surface area contributed by atoms with E-state index < -0.39 is 24.0 Å². The molecule has 3 aromatic carbocycles. The number of benzene rings is 3. The summed E-state index contributed by atoms with van der Waals surface area (Å²) in [6.45, 7) is 7.88. The van der Waals surface area contributed by atoms with Crippen molar-refractivity contribution in [1.82, 2.24) is 0 Å². The van der Waals surface area contributed by atoms with Crippen LogP contribution < -0.4 is 4.74 Å². The minimum absolute atomic E-state index is 0.165. The van der Waals surface area contributed by atoms with Gasteiger partial charge in [-0.25, -0.2) is 14.4 Å².